The Morgan fingerprint density at radius 3 is 2.43 bits per heavy atom. The fourth-order valence-electron chi connectivity index (χ4n) is 2.12. The van der Waals surface area contributed by atoms with E-state index in [0.717, 1.165) is 12.8 Å². The molecule has 0 amide bonds. The molecule has 0 aromatic carbocycles. The predicted octanol–water partition coefficient (Wildman–Crippen LogP) is 2.03. The minimum Gasteiger partial charge on any atom is -0.375 e. The molecule has 2 N–H and O–H groups in total. The van der Waals surface area contributed by atoms with E-state index in [1.54, 1.807) is 0 Å². The number of ether oxygens (including phenoxy) is 1. The summed E-state index contributed by atoms with van der Waals surface area (Å²) in [6.45, 7) is 0.669. The summed E-state index contributed by atoms with van der Waals surface area (Å²) in [5, 5.41) is 0. The Morgan fingerprint density at radius 2 is 1.86 bits per heavy atom. The average Bonchev–Trinajstić information content (AvgIpc) is 2.18. The fourth-order valence-corrected chi connectivity index (χ4v) is 2.12. The molecule has 84 valence electrons. The third kappa shape index (κ3) is 3.88. The van der Waals surface area contributed by atoms with Crippen LogP contribution in [0.1, 0.15) is 25.7 Å². The summed E-state index contributed by atoms with van der Waals surface area (Å²) in [6, 6.07) is 0. The number of hydrogen-bond acceptors (Lipinski definition) is 2. The lowest BCUT2D eigenvalue weighted by atomic mass is 9.80. The van der Waals surface area contributed by atoms with E-state index in [0.29, 0.717) is 25.0 Å². The third-order valence-electron chi connectivity index (χ3n) is 2.95. The zero-order chi connectivity index (χ0) is 10.4. The molecular formula is C10H19F2NO. The molecule has 1 aliphatic carbocycles. The van der Waals surface area contributed by atoms with Crippen LogP contribution in [0.2, 0.25) is 0 Å². The van der Waals surface area contributed by atoms with Crippen LogP contribution in [-0.4, -0.2) is 26.2 Å². The molecule has 0 spiro atoms. The Morgan fingerprint density at radius 1 is 1.21 bits per heavy atom. The van der Waals surface area contributed by atoms with Crippen LogP contribution >= 0.6 is 0 Å². The van der Waals surface area contributed by atoms with Gasteiger partial charge in [0.05, 0.1) is 0 Å². The van der Waals surface area contributed by atoms with Gasteiger partial charge in [-0.1, -0.05) is 12.8 Å². The molecule has 2 unspecified atom stereocenters. The highest BCUT2D eigenvalue weighted by Crippen LogP contribution is 2.29. The van der Waals surface area contributed by atoms with Crippen molar-refractivity contribution in [1.29, 1.82) is 0 Å². The second-order valence-electron chi connectivity index (χ2n) is 3.97. The molecule has 4 heteroatoms. The van der Waals surface area contributed by atoms with Crippen molar-refractivity contribution in [2.45, 2.75) is 32.1 Å². The van der Waals surface area contributed by atoms with Crippen LogP contribution in [0.5, 0.6) is 0 Å². The van der Waals surface area contributed by atoms with E-state index < -0.39 is 13.0 Å². The SMILES string of the molecule is NCC1CCCCC1COCC(F)F. The molecule has 1 rings (SSSR count). The molecule has 0 aliphatic heterocycles. The molecule has 1 aliphatic rings. The summed E-state index contributed by atoms with van der Waals surface area (Å²) < 4.78 is 28.6. The first-order chi connectivity index (χ1) is 6.74. The van der Waals surface area contributed by atoms with Crippen LogP contribution in [-0.2, 0) is 4.74 Å². The van der Waals surface area contributed by atoms with Gasteiger partial charge in [-0.15, -0.1) is 0 Å². The van der Waals surface area contributed by atoms with Gasteiger partial charge in [-0.3, -0.25) is 0 Å². The normalized spacial score (nSPS) is 28.3. The highest BCUT2D eigenvalue weighted by atomic mass is 19.3. The van der Waals surface area contributed by atoms with Crippen LogP contribution in [0, 0.1) is 11.8 Å². The molecule has 14 heavy (non-hydrogen) atoms. The lowest BCUT2D eigenvalue weighted by molar-refractivity contribution is -0.00978. The summed E-state index contributed by atoms with van der Waals surface area (Å²) in [5.74, 6) is 0.869. The van der Waals surface area contributed by atoms with Crippen LogP contribution in [0.15, 0.2) is 0 Å². The lowest BCUT2D eigenvalue weighted by Crippen LogP contribution is -2.30. The van der Waals surface area contributed by atoms with E-state index in [1.165, 1.54) is 12.8 Å². The van der Waals surface area contributed by atoms with Gasteiger partial charge >= 0.3 is 0 Å². The van der Waals surface area contributed by atoms with E-state index in [2.05, 4.69) is 0 Å². The third-order valence-corrected chi connectivity index (χ3v) is 2.95. The maximum absolute atomic E-state index is 11.8. The van der Waals surface area contributed by atoms with Crippen molar-refractivity contribution < 1.29 is 13.5 Å². The van der Waals surface area contributed by atoms with Crippen molar-refractivity contribution in [3.8, 4) is 0 Å². The molecular weight excluding hydrogens is 188 g/mol. The average molecular weight is 207 g/mol. The van der Waals surface area contributed by atoms with Crippen LogP contribution in [0.3, 0.4) is 0 Å². The zero-order valence-corrected chi connectivity index (χ0v) is 8.42. The predicted molar refractivity (Wildman–Crippen MR) is 51.3 cm³/mol. The topological polar surface area (TPSA) is 35.2 Å². The van der Waals surface area contributed by atoms with Crippen molar-refractivity contribution in [2.75, 3.05) is 19.8 Å². The zero-order valence-electron chi connectivity index (χ0n) is 8.42. The van der Waals surface area contributed by atoms with E-state index in [9.17, 15) is 8.78 Å². The maximum atomic E-state index is 11.8. The van der Waals surface area contributed by atoms with Crippen molar-refractivity contribution >= 4 is 0 Å². The van der Waals surface area contributed by atoms with Crippen LogP contribution < -0.4 is 5.73 Å². The monoisotopic (exact) mass is 207 g/mol. The second-order valence-corrected chi connectivity index (χ2v) is 3.97. The Kier molecular flexibility index (Phi) is 5.33. The Bertz CT molecular complexity index is 155. The van der Waals surface area contributed by atoms with Gasteiger partial charge in [0.25, 0.3) is 6.43 Å². The van der Waals surface area contributed by atoms with Gasteiger partial charge in [0, 0.05) is 6.61 Å². The van der Waals surface area contributed by atoms with Gasteiger partial charge in [0.15, 0.2) is 0 Å². The highest BCUT2D eigenvalue weighted by molar-refractivity contribution is 4.75. The minimum atomic E-state index is -2.35. The highest BCUT2D eigenvalue weighted by Gasteiger charge is 2.24. The van der Waals surface area contributed by atoms with Gasteiger partial charge in [-0.25, -0.2) is 8.78 Å². The quantitative estimate of drug-likeness (QED) is 0.748. The van der Waals surface area contributed by atoms with Gasteiger partial charge in [0.1, 0.15) is 6.61 Å². The van der Waals surface area contributed by atoms with E-state index in [-0.39, 0.29) is 0 Å². The van der Waals surface area contributed by atoms with Crippen molar-refractivity contribution in [1.82, 2.24) is 0 Å². The molecule has 2 atom stereocenters. The Hall–Kier alpha value is -0.220. The van der Waals surface area contributed by atoms with Gasteiger partial charge in [0.2, 0.25) is 0 Å². The molecule has 0 heterocycles. The Balaban J connectivity index is 2.19. The maximum Gasteiger partial charge on any atom is 0.261 e. The number of alkyl halides is 2. The van der Waals surface area contributed by atoms with Gasteiger partial charge < -0.3 is 10.5 Å². The standard InChI is InChI=1S/C10H19F2NO/c11-10(12)7-14-6-9-4-2-1-3-8(9)5-13/h8-10H,1-7,13H2. The number of hydrogen-bond donors (Lipinski definition) is 1. The summed E-state index contributed by atoms with van der Waals surface area (Å²) in [4.78, 5) is 0. The molecule has 1 fully saturated rings. The number of rotatable bonds is 5. The Labute approximate surface area is 83.8 Å². The minimum absolute atomic E-state index is 0.396. The lowest BCUT2D eigenvalue weighted by Gasteiger charge is -2.30. The first kappa shape index (κ1) is 11.9. The fraction of sp³-hybridized carbons (Fsp3) is 1.00. The van der Waals surface area contributed by atoms with Crippen LogP contribution in [0.25, 0.3) is 0 Å². The molecule has 0 aromatic heterocycles. The molecule has 0 saturated heterocycles. The first-order valence-electron chi connectivity index (χ1n) is 5.30. The summed E-state index contributed by atoms with van der Waals surface area (Å²) in [6.07, 6.45) is 2.24. The molecule has 0 bridgehead atoms. The van der Waals surface area contributed by atoms with E-state index >= 15 is 0 Å². The summed E-state index contributed by atoms with van der Waals surface area (Å²) in [7, 11) is 0. The van der Waals surface area contributed by atoms with E-state index in [4.69, 9.17) is 10.5 Å². The largest absolute Gasteiger partial charge is 0.375 e. The second kappa shape index (κ2) is 6.30. The molecule has 1 saturated carbocycles. The summed E-state index contributed by atoms with van der Waals surface area (Å²) >= 11 is 0. The van der Waals surface area contributed by atoms with Crippen molar-refractivity contribution in [3.05, 3.63) is 0 Å². The van der Waals surface area contributed by atoms with E-state index in [1.807, 2.05) is 0 Å². The van der Waals surface area contributed by atoms with Gasteiger partial charge in [-0.2, -0.15) is 0 Å². The molecule has 0 radical (unpaired) electrons. The first-order valence-corrected chi connectivity index (χ1v) is 5.30. The van der Waals surface area contributed by atoms with Gasteiger partial charge in [-0.05, 0) is 31.2 Å². The van der Waals surface area contributed by atoms with Crippen LogP contribution in [0.4, 0.5) is 8.78 Å². The number of halogens is 2. The number of nitrogens with two attached hydrogens (primary N) is 1. The van der Waals surface area contributed by atoms with Crippen molar-refractivity contribution in [2.24, 2.45) is 17.6 Å². The summed E-state index contributed by atoms with van der Waals surface area (Å²) in [5.41, 5.74) is 5.62. The van der Waals surface area contributed by atoms with Crippen molar-refractivity contribution in [3.63, 3.8) is 0 Å². The smallest absolute Gasteiger partial charge is 0.261 e. The molecule has 2 nitrogen and oxygen atoms in total. The molecule has 0 aromatic rings.